The molecule has 0 atom stereocenters. The fourth-order valence-electron chi connectivity index (χ4n) is 3.41. The molecular weight excluding hydrogens is 296 g/mol. The second-order valence-corrected chi connectivity index (χ2v) is 6.47. The molecule has 0 N–H and O–H groups in total. The molecule has 1 aliphatic heterocycles. The zero-order valence-corrected chi connectivity index (χ0v) is 14.0. The van der Waals surface area contributed by atoms with Gasteiger partial charge in [-0.1, -0.05) is 11.6 Å². The van der Waals surface area contributed by atoms with Crippen LogP contribution in [-0.2, 0) is 6.54 Å². The van der Waals surface area contributed by atoms with Crippen LogP contribution in [0.1, 0.15) is 11.1 Å². The molecule has 122 valence electrons. The summed E-state index contributed by atoms with van der Waals surface area (Å²) in [7, 11) is 0. The third-order valence-corrected chi connectivity index (χ3v) is 4.74. The Morgan fingerprint density at radius 3 is 2.50 bits per heavy atom. The first kappa shape index (κ1) is 15.1. The highest BCUT2D eigenvalue weighted by Crippen LogP contribution is 2.27. The fourth-order valence-corrected chi connectivity index (χ4v) is 3.41. The highest BCUT2D eigenvalue weighted by Gasteiger charge is 2.19. The first-order chi connectivity index (χ1) is 11.8. The normalized spacial score (nSPS) is 15.8. The van der Waals surface area contributed by atoms with E-state index in [2.05, 4.69) is 63.1 Å². The van der Waals surface area contributed by atoms with Crippen molar-refractivity contribution in [2.45, 2.75) is 13.5 Å². The third kappa shape index (κ3) is 3.10. The van der Waals surface area contributed by atoms with E-state index < -0.39 is 0 Å². The van der Waals surface area contributed by atoms with E-state index in [1.807, 2.05) is 18.6 Å². The Morgan fingerprint density at radius 1 is 0.917 bits per heavy atom. The molecule has 3 heterocycles. The maximum atomic E-state index is 4.51. The predicted molar refractivity (Wildman–Crippen MR) is 98.2 cm³/mol. The monoisotopic (exact) mass is 318 g/mol. The van der Waals surface area contributed by atoms with Crippen molar-refractivity contribution in [1.82, 2.24) is 14.9 Å². The van der Waals surface area contributed by atoms with Gasteiger partial charge in [0.05, 0.1) is 5.52 Å². The number of rotatable bonds is 3. The van der Waals surface area contributed by atoms with Gasteiger partial charge in [0.1, 0.15) is 0 Å². The van der Waals surface area contributed by atoms with Crippen molar-refractivity contribution >= 4 is 16.6 Å². The van der Waals surface area contributed by atoms with Gasteiger partial charge in [0, 0.05) is 62.4 Å². The molecule has 0 unspecified atom stereocenters. The van der Waals surface area contributed by atoms with Gasteiger partial charge in [-0.05, 0) is 42.8 Å². The molecule has 4 rings (SSSR count). The minimum absolute atomic E-state index is 1.01. The van der Waals surface area contributed by atoms with E-state index in [0.29, 0.717) is 0 Å². The van der Waals surface area contributed by atoms with Crippen LogP contribution in [0.4, 0.5) is 5.69 Å². The third-order valence-electron chi connectivity index (χ3n) is 4.74. The Morgan fingerprint density at radius 2 is 1.71 bits per heavy atom. The number of pyridine rings is 2. The van der Waals surface area contributed by atoms with Crippen LogP contribution in [0.15, 0.2) is 55.0 Å². The Bertz CT molecular complexity index is 823. The van der Waals surface area contributed by atoms with E-state index in [9.17, 15) is 0 Å². The highest BCUT2D eigenvalue weighted by atomic mass is 15.3. The molecule has 3 aromatic rings. The van der Waals surface area contributed by atoms with E-state index in [4.69, 9.17) is 0 Å². The Kier molecular flexibility index (Phi) is 4.13. The van der Waals surface area contributed by atoms with Crippen LogP contribution in [0.3, 0.4) is 0 Å². The van der Waals surface area contributed by atoms with Crippen LogP contribution in [0.25, 0.3) is 10.9 Å². The van der Waals surface area contributed by atoms with Gasteiger partial charge in [0.2, 0.25) is 0 Å². The van der Waals surface area contributed by atoms with Crippen LogP contribution in [0.5, 0.6) is 0 Å². The number of aromatic nitrogens is 2. The van der Waals surface area contributed by atoms with Crippen molar-refractivity contribution in [2.75, 3.05) is 31.1 Å². The van der Waals surface area contributed by atoms with Crippen LogP contribution in [0, 0.1) is 6.92 Å². The summed E-state index contributed by atoms with van der Waals surface area (Å²) in [4.78, 5) is 13.6. The van der Waals surface area contributed by atoms with Gasteiger partial charge >= 0.3 is 0 Å². The van der Waals surface area contributed by atoms with Crippen LogP contribution < -0.4 is 4.90 Å². The second kappa shape index (κ2) is 6.57. The number of hydrogen-bond donors (Lipinski definition) is 0. The van der Waals surface area contributed by atoms with Gasteiger partial charge in [-0.15, -0.1) is 0 Å². The Balaban J connectivity index is 1.49. The van der Waals surface area contributed by atoms with E-state index in [1.165, 1.54) is 22.2 Å². The van der Waals surface area contributed by atoms with Gasteiger partial charge in [-0.3, -0.25) is 14.9 Å². The maximum absolute atomic E-state index is 4.51. The molecule has 0 spiro atoms. The van der Waals surface area contributed by atoms with E-state index in [-0.39, 0.29) is 0 Å². The zero-order chi connectivity index (χ0) is 16.4. The van der Waals surface area contributed by atoms with E-state index in [0.717, 1.165) is 38.2 Å². The lowest BCUT2D eigenvalue weighted by Gasteiger charge is -2.36. The number of aryl methyl sites for hydroxylation is 1. The molecule has 2 aromatic heterocycles. The highest BCUT2D eigenvalue weighted by molar-refractivity contribution is 5.92. The van der Waals surface area contributed by atoms with Crippen molar-refractivity contribution in [2.24, 2.45) is 0 Å². The van der Waals surface area contributed by atoms with E-state index in [1.54, 1.807) is 0 Å². The topological polar surface area (TPSA) is 32.3 Å². The van der Waals surface area contributed by atoms with Crippen molar-refractivity contribution in [1.29, 1.82) is 0 Å². The predicted octanol–water partition coefficient (Wildman–Crippen LogP) is 3.26. The second-order valence-electron chi connectivity index (χ2n) is 6.47. The van der Waals surface area contributed by atoms with Crippen LogP contribution in [-0.4, -0.2) is 41.0 Å². The lowest BCUT2D eigenvalue weighted by molar-refractivity contribution is 0.250. The summed E-state index contributed by atoms with van der Waals surface area (Å²) in [6.07, 6.45) is 5.67. The summed E-state index contributed by atoms with van der Waals surface area (Å²) in [5.74, 6) is 0. The minimum atomic E-state index is 1.01. The van der Waals surface area contributed by atoms with Gasteiger partial charge < -0.3 is 4.90 Å². The molecular formula is C20H22N4. The molecule has 0 saturated carbocycles. The van der Waals surface area contributed by atoms with Gasteiger partial charge in [0.25, 0.3) is 0 Å². The smallest absolute Gasteiger partial charge is 0.0722 e. The number of piperazine rings is 1. The molecule has 4 nitrogen and oxygen atoms in total. The summed E-state index contributed by atoms with van der Waals surface area (Å²) in [5.41, 5.74) is 5.01. The van der Waals surface area contributed by atoms with Gasteiger partial charge in [-0.2, -0.15) is 0 Å². The summed E-state index contributed by atoms with van der Waals surface area (Å²) in [6, 6.07) is 12.9. The summed E-state index contributed by atoms with van der Waals surface area (Å²) < 4.78 is 0. The Hall–Kier alpha value is -2.46. The molecule has 0 amide bonds. The van der Waals surface area contributed by atoms with Crippen molar-refractivity contribution < 1.29 is 0 Å². The standard InChI is InChI=1S/C20H22N4/c1-16-2-3-19-18(14-16)20(6-9-22-19)24-12-10-23(11-13-24)15-17-4-7-21-8-5-17/h2-9,14H,10-13,15H2,1H3. The maximum Gasteiger partial charge on any atom is 0.0722 e. The first-order valence-electron chi connectivity index (χ1n) is 8.51. The number of nitrogens with zero attached hydrogens (tertiary/aromatic N) is 4. The van der Waals surface area contributed by atoms with Crippen LogP contribution >= 0.6 is 0 Å². The minimum Gasteiger partial charge on any atom is -0.368 e. The molecule has 0 radical (unpaired) electrons. The SMILES string of the molecule is Cc1ccc2nccc(N3CCN(Cc4ccncc4)CC3)c2c1. The molecule has 0 bridgehead atoms. The zero-order valence-electron chi connectivity index (χ0n) is 14.0. The van der Waals surface area contributed by atoms with E-state index >= 15 is 0 Å². The average molecular weight is 318 g/mol. The number of benzene rings is 1. The summed E-state index contributed by atoms with van der Waals surface area (Å²) in [6.45, 7) is 7.42. The Labute approximate surface area is 142 Å². The molecule has 1 fully saturated rings. The summed E-state index contributed by atoms with van der Waals surface area (Å²) >= 11 is 0. The number of hydrogen-bond acceptors (Lipinski definition) is 4. The molecule has 1 saturated heterocycles. The molecule has 24 heavy (non-hydrogen) atoms. The first-order valence-corrected chi connectivity index (χ1v) is 8.51. The molecule has 1 aliphatic rings. The number of anilines is 1. The lowest BCUT2D eigenvalue weighted by atomic mass is 10.1. The molecule has 1 aromatic carbocycles. The van der Waals surface area contributed by atoms with Crippen molar-refractivity contribution in [3.63, 3.8) is 0 Å². The van der Waals surface area contributed by atoms with Gasteiger partial charge in [-0.25, -0.2) is 0 Å². The molecule has 0 aliphatic carbocycles. The summed E-state index contributed by atoms with van der Waals surface area (Å²) in [5, 5.41) is 1.26. The fraction of sp³-hybridized carbons (Fsp3) is 0.300. The van der Waals surface area contributed by atoms with Crippen molar-refractivity contribution in [3.05, 3.63) is 66.1 Å². The van der Waals surface area contributed by atoms with Gasteiger partial charge in [0.15, 0.2) is 0 Å². The largest absolute Gasteiger partial charge is 0.368 e. The quantitative estimate of drug-likeness (QED) is 0.742. The molecule has 4 heteroatoms. The number of fused-ring (bicyclic) bond motifs is 1. The lowest BCUT2D eigenvalue weighted by Crippen LogP contribution is -2.46. The van der Waals surface area contributed by atoms with Crippen molar-refractivity contribution in [3.8, 4) is 0 Å². The average Bonchev–Trinajstić information content (AvgIpc) is 2.63. The van der Waals surface area contributed by atoms with Crippen LogP contribution in [0.2, 0.25) is 0 Å².